The van der Waals surface area contributed by atoms with Crippen LogP contribution in [0.2, 0.25) is 0 Å². The summed E-state index contributed by atoms with van der Waals surface area (Å²) in [7, 11) is 0. The summed E-state index contributed by atoms with van der Waals surface area (Å²) >= 11 is 0. The van der Waals surface area contributed by atoms with E-state index in [1.54, 1.807) is 0 Å². The van der Waals surface area contributed by atoms with Gasteiger partial charge in [0, 0.05) is 13.1 Å². The molecule has 98 valence electrons. The lowest BCUT2D eigenvalue weighted by atomic mass is 9.95. The van der Waals surface area contributed by atoms with Gasteiger partial charge in [0.25, 0.3) is 0 Å². The van der Waals surface area contributed by atoms with Gasteiger partial charge in [-0.05, 0) is 24.4 Å². The number of benzene rings is 1. The lowest BCUT2D eigenvalue weighted by molar-refractivity contribution is 0.0111. The maximum Gasteiger partial charge on any atom is 0.404 e. The number of carbonyl (C=O) groups is 1. The van der Waals surface area contributed by atoms with Gasteiger partial charge in [0.05, 0.1) is 0 Å². The lowest BCUT2D eigenvalue weighted by Gasteiger charge is -2.36. The van der Waals surface area contributed by atoms with E-state index < -0.39 is 6.09 Å². The first-order valence-electron chi connectivity index (χ1n) is 6.37. The monoisotopic (exact) mass is 248 g/mol. The van der Waals surface area contributed by atoms with Crippen molar-refractivity contribution in [2.24, 2.45) is 11.7 Å². The van der Waals surface area contributed by atoms with E-state index in [0.717, 1.165) is 26.1 Å². The second kappa shape index (κ2) is 5.87. The molecule has 4 nitrogen and oxygen atoms in total. The Balaban J connectivity index is 1.93. The average Bonchev–Trinajstić information content (AvgIpc) is 2.34. The molecule has 1 aromatic carbocycles. The number of piperidine rings is 1. The van der Waals surface area contributed by atoms with Crippen molar-refractivity contribution in [3.8, 4) is 0 Å². The van der Waals surface area contributed by atoms with Crippen LogP contribution >= 0.6 is 0 Å². The Kier molecular flexibility index (Phi) is 4.20. The predicted molar refractivity (Wildman–Crippen MR) is 70.0 cm³/mol. The SMILES string of the molecule is CC1CCN(Cc2ccccc2)CC1OC(N)=O. The number of ether oxygens (including phenoxy) is 1. The summed E-state index contributed by atoms with van der Waals surface area (Å²) < 4.78 is 5.17. The standard InChI is InChI=1S/C14H20N2O2/c1-11-7-8-16(10-13(11)18-14(15)17)9-12-5-3-2-4-6-12/h2-6,11,13H,7-10H2,1H3,(H2,15,17). The van der Waals surface area contributed by atoms with Gasteiger partial charge in [-0.2, -0.15) is 0 Å². The highest BCUT2D eigenvalue weighted by Crippen LogP contribution is 2.21. The summed E-state index contributed by atoms with van der Waals surface area (Å²) in [6, 6.07) is 10.3. The summed E-state index contributed by atoms with van der Waals surface area (Å²) in [6.07, 6.45) is 0.276. The van der Waals surface area contributed by atoms with Crippen molar-refractivity contribution in [2.45, 2.75) is 26.0 Å². The first-order valence-corrected chi connectivity index (χ1v) is 6.37. The molecule has 1 fully saturated rings. The number of hydrogen-bond acceptors (Lipinski definition) is 3. The molecule has 18 heavy (non-hydrogen) atoms. The Bertz CT molecular complexity index is 394. The fraction of sp³-hybridized carbons (Fsp3) is 0.500. The molecule has 0 aromatic heterocycles. The minimum absolute atomic E-state index is 0.0834. The van der Waals surface area contributed by atoms with E-state index in [-0.39, 0.29) is 6.10 Å². The Labute approximate surface area is 108 Å². The van der Waals surface area contributed by atoms with E-state index in [4.69, 9.17) is 10.5 Å². The third kappa shape index (κ3) is 3.47. The van der Waals surface area contributed by atoms with Gasteiger partial charge in [-0.15, -0.1) is 0 Å². The largest absolute Gasteiger partial charge is 0.445 e. The molecule has 1 amide bonds. The van der Waals surface area contributed by atoms with Gasteiger partial charge in [-0.1, -0.05) is 37.3 Å². The fourth-order valence-electron chi connectivity index (χ4n) is 2.39. The zero-order valence-electron chi connectivity index (χ0n) is 10.7. The normalized spacial score (nSPS) is 24.7. The van der Waals surface area contributed by atoms with E-state index >= 15 is 0 Å². The molecule has 1 aliphatic heterocycles. The summed E-state index contributed by atoms with van der Waals surface area (Å²) in [5, 5.41) is 0. The van der Waals surface area contributed by atoms with Crippen LogP contribution in [-0.4, -0.2) is 30.2 Å². The molecule has 2 unspecified atom stereocenters. The fourth-order valence-corrected chi connectivity index (χ4v) is 2.39. The molecule has 1 aromatic rings. The van der Waals surface area contributed by atoms with Crippen LogP contribution in [0.4, 0.5) is 4.79 Å². The zero-order chi connectivity index (χ0) is 13.0. The minimum atomic E-state index is -0.673. The highest BCUT2D eigenvalue weighted by Gasteiger charge is 2.28. The number of hydrogen-bond donors (Lipinski definition) is 1. The van der Waals surface area contributed by atoms with Crippen LogP contribution in [0.5, 0.6) is 0 Å². The average molecular weight is 248 g/mol. The molecule has 2 rings (SSSR count). The maximum atomic E-state index is 10.9. The molecule has 4 heteroatoms. The van der Waals surface area contributed by atoms with Crippen molar-refractivity contribution in [1.82, 2.24) is 4.90 Å². The second-order valence-electron chi connectivity index (χ2n) is 4.96. The Morgan fingerprint density at radius 1 is 1.44 bits per heavy atom. The van der Waals surface area contributed by atoms with E-state index in [0.29, 0.717) is 5.92 Å². The second-order valence-corrected chi connectivity index (χ2v) is 4.96. The third-order valence-electron chi connectivity index (χ3n) is 3.49. The molecular formula is C14H20N2O2. The maximum absolute atomic E-state index is 10.9. The Morgan fingerprint density at radius 3 is 2.83 bits per heavy atom. The highest BCUT2D eigenvalue weighted by molar-refractivity contribution is 5.64. The quantitative estimate of drug-likeness (QED) is 0.890. The van der Waals surface area contributed by atoms with Gasteiger partial charge in [0.15, 0.2) is 0 Å². The predicted octanol–water partition coefficient (Wildman–Crippen LogP) is 1.99. The molecule has 0 radical (unpaired) electrons. The van der Waals surface area contributed by atoms with Crippen LogP contribution in [0.15, 0.2) is 30.3 Å². The van der Waals surface area contributed by atoms with Crippen molar-refractivity contribution in [2.75, 3.05) is 13.1 Å². The number of nitrogens with two attached hydrogens (primary N) is 1. The number of primary amides is 1. The first kappa shape index (κ1) is 12.9. The number of amides is 1. The summed E-state index contributed by atoms with van der Waals surface area (Å²) in [6.45, 7) is 4.80. The molecular weight excluding hydrogens is 228 g/mol. The van der Waals surface area contributed by atoms with Gasteiger partial charge >= 0.3 is 6.09 Å². The third-order valence-corrected chi connectivity index (χ3v) is 3.49. The van der Waals surface area contributed by atoms with Crippen molar-refractivity contribution < 1.29 is 9.53 Å². The highest BCUT2D eigenvalue weighted by atomic mass is 16.6. The summed E-state index contributed by atoms with van der Waals surface area (Å²) in [5.41, 5.74) is 6.39. The number of carbonyl (C=O) groups excluding carboxylic acids is 1. The van der Waals surface area contributed by atoms with Gasteiger partial charge in [0.2, 0.25) is 0 Å². The van der Waals surface area contributed by atoms with Gasteiger partial charge in [0.1, 0.15) is 6.10 Å². The molecule has 0 saturated carbocycles. The van der Waals surface area contributed by atoms with E-state index in [1.165, 1.54) is 5.56 Å². The van der Waals surface area contributed by atoms with E-state index in [1.807, 2.05) is 18.2 Å². The topological polar surface area (TPSA) is 55.6 Å². The Hall–Kier alpha value is -1.55. The van der Waals surface area contributed by atoms with E-state index in [9.17, 15) is 4.79 Å². The minimum Gasteiger partial charge on any atom is -0.445 e. The molecule has 0 aliphatic carbocycles. The Morgan fingerprint density at radius 2 is 2.17 bits per heavy atom. The van der Waals surface area contributed by atoms with Crippen LogP contribution < -0.4 is 5.73 Å². The lowest BCUT2D eigenvalue weighted by Crippen LogP contribution is -2.45. The molecule has 2 N–H and O–H groups in total. The van der Waals surface area contributed by atoms with Crippen molar-refractivity contribution in [3.63, 3.8) is 0 Å². The van der Waals surface area contributed by atoms with Crippen molar-refractivity contribution in [3.05, 3.63) is 35.9 Å². The van der Waals surface area contributed by atoms with Crippen LogP contribution in [0, 0.1) is 5.92 Å². The van der Waals surface area contributed by atoms with Crippen LogP contribution in [0.25, 0.3) is 0 Å². The van der Waals surface area contributed by atoms with Crippen molar-refractivity contribution >= 4 is 6.09 Å². The van der Waals surface area contributed by atoms with Crippen LogP contribution in [0.3, 0.4) is 0 Å². The van der Waals surface area contributed by atoms with Crippen LogP contribution in [0.1, 0.15) is 18.9 Å². The smallest absolute Gasteiger partial charge is 0.404 e. The van der Waals surface area contributed by atoms with E-state index in [2.05, 4.69) is 24.0 Å². The summed E-state index contributed by atoms with van der Waals surface area (Å²) in [5.74, 6) is 0.379. The van der Waals surface area contributed by atoms with Crippen molar-refractivity contribution in [1.29, 1.82) is 0 Å². The number of nitrogens with zero attached hydrogens (tertiary/aromatic N) is 1. The first-order chi connectivity index (χ1) is 8.65. The van der Waals surface area contributed by atoms with Crippen LogP contribution in [-0.2, 0) is 11.3 Å². The molecule has 1 saturated heterocycles. The summed E-state index contributed by atoms with van der Waals surface area (Å²) in [4.78, 5) is 13.2. The molecule has 1 heterocycles. The molecule has 1 aliphatic rings. The van der Waals surface area contributed by atoms with Gasteiger partial charge in [-0.25, -0.2) is 4.79 Å². The molecule has 0 bridgehead atoms. The molecule has 0 spiro atoms. The number of likely N-dealkylation sites (tertiary alicyclic amines) is 1. The zero-order valence-corrected chi connectivity index (χ0v) is 10.7. The number of rotatable bonds is 3. The molecule has 2 atom stereocenters. The van der Waals surface area contributed by atoms with Gasteiger partial charge in [-0.3, -0.25) is 4.90 Å². The van der Waals surface area contributed by atoms with Gasteiger partial charge < -0.3 is 10.5 Å².